The molecule has 1 aliphatic rings. The number of allylic oxidation sites excluding steroid dienone is 1. The van der Waals surface area contributed by atoms with Crippen molar-refractivity contribution >= 4 is 24.1 Å². The van der Waals surface area contributed by atoms with Crippen LogP contribution in [0.1, 0.15) is 86.4 Å². The lowest BCUT2D eigenvalue weighted by atomic mass is 10.1. The van der Waals surface area contributed by atoms with Gasteiger partial charge in [-0.25, -0.2) is 0 Å². The zero-order valence-electron chi connectivity index (χ0n) is 20.6. The van der Waals surface area contributed by atoms with Crippen LogP contribution in [0.4, 0.5) is 0 Å². The number of carbonyl (C=O) groups is 4. The summed E-state index contributed by atoms with van der Waals surface area (Å²) < 4.78 is 11.1. The number of imide groups is 1. The summed E-state index contributed by atoms with van der Waals surface area (Å²) in [5.41, 5.74) is 0.705. The van der Waals surface area contributed by atoms with E-state index in [4.69, 9.17) is 9.47 Å². The molecule has 0 aromatic heterocycles. The van der Waals surface area contributed by atoms with E-state index in [9.17, 15) is 19.2 Å². The molecule has 1 heterocycles. The zero-order valence-corrected chi connectivity index (χ0v) is 20.6. The Morgan fingerprint density at radius 2 is 1.82 bits per heavy atom. The lowest BCUT2D eigenvalue weighted by Gasteiger charge is -2.21. The molecule has 0 fully saturated rings. The van der Waals surface area contributed by atoms with Gasteiger partial charge in [0.2, 0.25) is 0 Å². The van der Waals surface area contributed by atoms with Gasteiger partial charge in [0.05, 0.1) is 23.8 Å². The van der Waals surface area contributed by atoms with Crippen LogP contribution in [0.25, 0.3) is 0 Å². The Balaban J connectivity index is 1.88. The van der Waals surface area contributed by atoms with Crippen LogP contribution < -0.4 is 10.1 Å². The molecule has 1 unspecified atom stereocenters. The SMILES string of the molecule is C=C(CCC(C=O)N1C(=O)c2cccc(OCCCCCCC(=O)OC(C)(C)C)c2C1=O)NC. The topological polar surface area (TPSA) is 102 Å². The Bertz CT molecular complexity index is 918. The van der Waals surface area contributed by atoms with E-state index in [0.29, 0.717) is 37.9 Å². The highest BCUT2D eigenvalue weighted by Crippen LogP contribution is 2.33. The first kappa shape index (κ1) is 27.1. The van der Waals surface area contributed by atoms with Crippen molar-refractivity contribution in [3.8, 4) is 5.75 Å². The van der Waals surface area contributed by atoms with Gasteiger partial charge in [0.25, 0.3) is 11.8 Å². The Morgan fingerprint density at radius 3 is 2.47 bits per heavy atom. The Morgan fingerprint density at radius 1 is 1.12 bits per heavy atom. The number of aldehydes is 1. The molecule has 0 saturated heterocycles. The summed E-state index contributed by atoms with van der Waals surface area (Å²) in [4.78, 5) is 50.4. The van der Waals surface area contributed by atoms with Crippen molar-refractivity contribution in [1.29, 1.82) is 0 Å². The molecule has 2 amide bonds. The van der Waals surface area contributed by atoms with E-state index in [-0.39, 0.29) is 17.1 Å². The number of nitrogens with one attached hydrogen (secondary N) is 1. The van der Waals surface area contributed by atoms with E-state index < -0.39 is 23.5 Å². The summed E-state index contributed by atoms with van der Waals surface area (Å²) in [6, 6.07) is 4.04. The summed E-state index contributed by atoms with van der Waals surface area (Å²) in [5, 5.41) is 2.90. The highest BCUT2D eigenvalue weighted by atomic mass is 16.6. The van der Waals surface area contributed by atoms with E-state index in [1.54, 1.807) is 25.2 Å². The molecule has 0 spiro atoms. The molecule has 1 aromatic carbocycles. The third-order valence-electron chi connectivity index (χ3n) is 5.45. The van der Waals surface area contributed by atoms with Crippen molar-refractivity contribution in [2.24, 2.45) is 0 Å². The van der Waals surface area contributed by atoms with Gasteiger partial charge in [0.1, 0.15) is 17.6 Å². The molecule has 1 aliphatic heterocycles. The van der Waals surface area contributed by atoms with Crippen LogP contribution in [-0.4, -0.2) is 54.3 Å². The monoisotopic (exact) mass is 472 g/mol. The molecule has 8 heteroatoms. The van der Waals surface area contributed by atoms with Gasteiger partial charge in [-0.3, -0.25) is 19.3 Å². The van der Waals surface area contributed by atoms with Crippen molar-refractivity contribution in [2.45, 2.75) is 77.4 Å². The average molecular weight is 473 g/mol. The molecule has 1 atom stereocenters. The summed E-state index contributed by atoms with van der Waals surface area (Å²) in [6.07, 6.45) is 4.98. The molecule has 1 N–H and O–H groups in total. The summed E-state index contributed by atoms with van der Waals surface area (Å²) >= 11 is 0. The maximum atomic E-state index is 13.1. The predicted molar refractivity (Wildman–Crippen MR) is 129 cm³/mol. The van der Waals surface area contributed by atoms with E-state index in [2.05, 4.69) is 11.9 Å². The normalized spacial score (nSPS) is 13.9. The molecule has 0 radical (unpaired) electrons. The van der Waals surface area contributed by atoms with Gasteiger partial charge >= 0.3 is 5.97 Å². The van der Waals surface area contributed by atoms with Crippen LogP contribution in [-0.2, 0) is 14.3 Å². The predicted octanol–water partition coefficient (Wildman–Crippen LogP) is 4.03. The second-order valence-electron chi connectivity index (χ2n) is 9.35. The molecule has 1 aromatic rings. The van der Waals surface area contributed by atoms with Gasteiger partial charge in [-0.2, -0.15) is 0 Å². The highest BCUT2D eigenvalue weighted by Gasteiger charge is 2.41. The maximum absolute atomic E-state index is 13.1. The quantitative estimate of drug-likeness (QED) is 0.189. The molecule has 8 nitrogen and oxygen atoms in total. The number of nitrogens with zero attached hydrogens (tertiary/aromatic N) is 1. The van der Waals surface area contributed by atoms with Crippen LogP contribution in [0, 0.1) is 0 Å². The van der Waals surface area contributed by atoms with Gasteiger partial charge in [-0.1, -0.05) is 25.5 Å². The fourth-order valence-corrected chi connectivity index (χ4v) is 3.70. The minimum absolute atomic E-state index is 0.194. The van der Waals surface area contributed by atoms with E-state index in [1.807, 2.05) is 20.8 Å². The number of benzene rings is 1. The van der Waals surface area contributed by atoms with Crippen molar-refractivity contribution in [2.75, 3.05) is 13.7 Å². The van der Waals surface area contributed by atoms with Gasteiger partial charge in [-0.15, -0.1) is 0 Å². The zero-order chi connectivity index (χ0) is 25.3. The number of carbonyl (C=O) groups excluding carboxylic acids is 4. The molecule has 186 valence electrons. The van der Waals surface area contributed by atoms with Crippen molar-refractivity contribution in [3.63, 3.8) is 0 Å². The third-order valence-corrected chi connectivity index (χ3v) is 5.45. The molecule has 34 heavy (non-hydrogen) atoms. The smallest absolute Gasteiger partial charge is 0.306 e. The summed E-state index contributed by atoms with van der Waals surface area (Å²) in [5.74, 6) is -0.850. The van der Waals surface area contributed by atoms with Crippen LogP contribution in [0.2, 0.25) is 0 Å². The standard InChI is InChI=1S/C26H36N2O6/c1-18(27-5)14-15-19(17-29)28-24(31)20-11-10-12-21(23(20)25(28)32)33-16-9-7-6-8-13-22(30)34-26(2,3)4/h10-12,17,19,27H,1,6-9,13-16H2,2-5H3. The van der Waals surface area contributed by atoms with E-state index in [1.165, 1.54) is 0 Å². The lowest BCUT2D eigenvalue weighted by Crippen LogP contribution is -2.41. The second-order valence-corrected chi connectivity index (χ2v) is 9.35. The fourth-order valence-electron chi connectivity index (χ4n) is 3.70. The maximum Gasteiger partial charge on any atom is 0.306 e. The Kier molecular flexibility index (Phi) is 9.83. The van der Waals surface area contributed by atoms with Crippen molar-refractivity contribution < 1.29 is 28.7 Å². The number of hydrogen-bond acceptors (Lipinski definition) is 7. The van der Waals surface area contributed by atoms with Crippen LogP contribution in [0.15, 0.2) is 30.5 Å². The number of unbranched alkanes of at least 4 members (excludes halogenated alkanes) is 3. The first-order chi connectivity index (χ1) is 16.1. The first-order valence-electron chi connectivity index (χ1n) is 11.8. The minimum atomic E-state index is -0.865. The lowest BCUT2D eigenvalue weighted by molar-refractivity contribution is -0.154. The second kappa shape index (κ2) is 12.3. The number of amides is 2. The number of rotatable bonds is 14. The van der Waals surface area contributed by atoms with Crippen LogP contribution in [0.3, 0.4) is 0 Å². The first-order valence-corrected chi connectivity index (χ1v) is 11.8. The minimum Gasteiger partial charge on any atom is -0.493 e. The molecule has 0 saturated carbocycles. The van der Waals surface area contributed by atoms with E-state index >= 15 is 0 Å². The number of ether oxygens (including phenoxy) is 2. The van der Waals surface area contributed by atoms with Gasteiger partial charge < -0.3 is 19.6 Å². The number of fused-ring (bicyclic) bond motifs is 1. The van der Waals surface area contributed by atoms with Crippen LogP contribution in [0.5, 0.6) is 5.75 Å². The molecule has 2 rings (SSSR count). The molecule has 0 aliphatic carbocycles. The van der Waals surface area contributed by atoms with Gasteiger partial charge in [-0.05, 0) is 58.6 Å². The van der Waals surface area contributed by atoms with Crippen molar-refractivity contribution in [1.82, 2.24) is 10.2 Å². The van der Waals surface area contributed by atoms with Crippen LogP contribution >= 0.6 is 0 Å². The Labute approximate surface area is 201 Å². The fraction of sp³-hybridized carbons (Fsp3) is 0.538. The van der Waals surface area contributed by atoms with Gasteiger partial charge in [0.15, 0.2) is 0 Å². The van der Waals surface area contributed by atoms with E-state index in [0.717, 1.165) is 36.3 Å². The summed E-state index contributed by atoms with van der Waals surface area (Å²) in [7, 11) is 1.73. The van der Waals surface area contributed by atoms with Gasteiger partial charge in [0, 0.05) is 19.2 Å². The number of hydrogen-bond donors (Lipinski definition) is 1. The number of esters is 1. The van der Waals surface area contributed by atoms with Crippen molar-refractivity contribution in [3.05, 3.63) is 41.6 Å². The Hall–Kier alpha value is -3.16. The highest BCUT2D eigenvalue weighted by molar-refractivity contribution is 6.23. The molecule has 0 bridgehead atoms. The largest absolute Gasteiger partial charge is 0.493 e. The average Bonchev–Trinajstić information content (AvgIpc) is 3.03. The summed E-state index contributed by atoms with van der Waals surface area (Å²) in [6.45, 7) is 9.74. The molecular weight excluding hydrogens is 436 g/mol. The molecular formula is C26H36N2O6. The third kappa shape index (κ3) is 7.43.